The number of fused-ring (bicyclic) bond motifs is 2. The van der Waals surface area contributed by atoms with Gasteiger partial charge >= 0.3 is 0 Å². The van der Waals surface area contributed by atoms with E-state index in [9.17, 15) is 36.9 Å². The SMILES string of the molecule is C=S(=O)(N1CCCCC1)n1cc(-c2cc(C(=O)NCC(C)(C)O)c(C)n2CC2CCCCC2)c2ccccc21.Cc1c(C(=O)N(C)C2CCOCC2)cc(-c2ccc(S(=O)(=O)NC(C)(C)C)c(C(C)(C)C)c2)n1CC1CCCCC1.Cc1c(C(=O)NC2CCOCC2)cc(-c2cc(C(=O)N3CCCCC3)c3ccccn23)n1CC1CCCCC1. The maximum atomic E-state index is 14.2. The normalized spacial score (nSPS) is 18.9. The first-order valence-corrected chi connectivity index (χ1v) is 48.0. The number of pyridine rings is 1. The Bertz CT molecular complexity index is 5090. The molecule has 3 aliphatic carbocycles. The third-order valence-electron chi connectivity index (χ3n) is 26.2. The molecule has 21 nitrogen and oxygen atoms in total. The lowest BCUT2D eigenvalue weighted by Gasteiger charge is -2.31. The van der Waals surface area contributed by atoms with Gasteiger partial charge in [-0.3, -0.25) is 23.2 Å². The summed E-state index contributed by atoms with van der Waals surface area (Å²) in [5, 5.41) is 17.4. The van der Waals surface area contributed by atoms with Crippen LogP contribution in [0.3, 0.4) is 0 Å². The zero-order valence-electron chi connectivity index (χ0n) is 73.5. The number of nitrogens with one attached hydrogen (secondary N) is 3. The molecule has 1 atom stereocenters. The molecule has 6 aromatic heterocycles. The molecule has 4 N–H and O–H groups in total. The minimum Gasteiger partial charge on any atom is -0.389 e. The molecule has 0 spiro atoms. The number of hydrogen-bond acceptors (Lipinski definition) is 10. The number of aliphatic hydroxyl groups is 1. The van der Waals surface area contributed by atoms with Crippen LogP contribution in [0.1, 0.15) is 280 Å². The summed E-state index contributed by atoms with van der Waals surface area (Å²) >= 11 is 0. The van der Waals surface area contributed by atoms with Crippen molar-refractivity contribution in [1.82, 2.24) is 51.5 Å². The molecule has 8 aromatic rings. The lowest BCUT2D eigenvalue weighted by molar-refractivity contribution is 0.0361. The van der Waals surface area contributed by atoms with Crippen LogP contribution in [0.5, 0.6) is 0 Å². The summed E-state index contributed by atoms with van der Waals surface area (Å²) in [5.41, 5.74) is 12.2. The van der Waals surface area contributed by atoms with Gasteiger partial charge in [0.05, 0.1) is 60.9 Å². The monoisotopic (exact) mass is 1670 g/mol. The zero-order chi connectivity index (χ0) is 84.7. The largest absolute Gasteiger partial charge is 0.389 e. The summed E-state index contributed by atoms with van der Waals surface area (Å²) in [7, 11) is -4.55. The third-order valence-corrected chi connectivity index (χ3v) is 30.1. The van der Waals surface area contributed by atoms with Crippen molar-refractivity contribution in [1.29, 1.82) is 0 Å². The predicted octanol–water partition coefficient (Wildman–Crippen LogP) is 17.9. The van der Waals surface area contributed by atoms with E-state index in [0.29, 0.717) is 54.6 Å². The Labute approximate surface area is 709 Å². The molecule has 648 valence electrons. The van der Waals surface area contributed by atoms with Gasteiger partial charge in [0.2, 0.25) is 10.0 Å². The molecular formula is C96H137N11O10S2. The van der Waals surface area contributed by atoms with Crippen LogP contribution in [0.15, 0.2) is 102 Å². The second kappa shape index (κ2) is 38.3. The quantitative estimate of drug-likeness (QED) is 0.0497. The highest BCUT2D eigenvalue weighted by Gasteiger charge is 2.36. The third kappa shape index (κ3) is 21.1. The number of amides is 4. The molecular weight excluding hydrogens is 1530 g/mol. The van der Waals surface area contributed by atoms with Crippen molar-refractivity contribution in [3.05, 3.63) is 142 Å². The molecule has 3 saturated carbocycles. The van der Waals surface area contributed by atoms with E-state index in [4.69, 9.17) is 9.47 Å². The van der Waals surface area contributed by atoms with Gasteiger partial charge in [-0.25, -0.2) is 21.7 Å². The molecule has 2 aromatic carbocycles. The standard InChI is InChI=1S/C33H51N3O4S.C32H42N4O3.C31H44N4O3S/c1-23-27(31(37)35(8)26-16-18-40-19-17-26)21-29(36(23)22-24-12-10-9-11-13-24)25-14-15-30(28(20-25)32(2,3)4)41(38,39)34-33(5,6)7;1-23-26(31(37)33-25-13-18-39-19-14-25)20-30(36(23)22-24-10-4-2-5-11-24)29-21-27(28-12-6-9-17-35(28)29)32(38)34-15-7-3-8-16-34;1-23-26(30(36)32-22-31(2,3)37)19-29(34(23)20-24-13-7-5-8-14-24)27-21-35(28-16-10-9-15-25(27)28)39(4,38)33-17-11-6-12-18-33/h14-15,20-21,24,26,34H,9-13,16-19,22H2,1-8H3;6,9,12,17,20-21,24-25H,2-5,7-8,10-11,13-16,18-19,22H2,1H3,(H,33,37);9-10,15-16,19,21,24,37H,4-8,11-14,17-18,20,22H2,1-3H3,(H,32,36). The van der Waals surface area contributed by atoms with E-state index in [1.165, 1.54) is 103 Å². The molecule has 0 radical (unpaired) electrons. The average Bonchev–Trinajstić information content (AvgIpc) is 1.64. The van der Waals surface area contributed by atoms with Crippen LogP contribution in [0, 0.1) is 38.5 Å². The summed E-state index contributed by atoms with van der Waals surface area (Å²) < 4.78 is 68.1. The minimum atomic E-state index is -3.73. The smallest absolute Gasteiger partial charge is 0.256 e. The molecule has 7 aliphatic rings. The van der Waals surface area contributed by atoms with Gasteiger partial charge < -0.3 is 53.1 Å². The second-order valence-electron chi connectivity index (χ2n) is 38.1. The fourth-order valence-corrected chi connectivity index (χ4v) is 23.1. The van der Waals surface area contributed by atoms with Crippen LogP contribution in [-0.2, 0) is 54.4 Å². The summed E-state index contributed by atoms with van der Waals surface area (Å²) in [6.45, 7) is 30.0. The maximum Gasteiger partial charge on any atom is 0.256 e. The lowest BCUT2D eigenvalue weighted by Crippen LogP contribution is -2.41. The van der Waals surface area contributed by atoms with Crippen molar-refractivity contribution in [2.75, 3.05) is 66.2 Å². The van der Waals surface area contributed by atoms with Gasteiger partial charge in [-0.1, -0.05) is 115 Å². The average molecular weight is 1670 g/mol. The fourth-order valence-electron chi connectivity index (χ4n) is 19.4. The first-order chi connectivity index (χ1) is 56.7. The molecule has 1 unspecified atom stereocenters. The van der Waals surface area contributed by atoms with Crippen molar-refractivity contribution < 1.29 is 46.4 Å². The summed E-state index contributed by atoms with van der Waals surface area (Å²) in [4.78, 5) is 58.7. The highest BCUT2D eigenvalue weighted by Crippen LogP contribution is 2.42. The minimum absolute atomic E-state index is 0.00600. The second-order valence-corrected chi connectivity index (χ2v) is 41.9. The van der Waals surface area contributed by atoms with Gasteiger partial charge in [0.1, 0.15) is 9.89 Å². The van der Waals surface area contributed by atoms with Crippen LogP contribution in [-0.4, -0.2) is 173 Å². The zero-order valence-corrected chi connectivity index (χ0v) is 75.1. The molecule has 7 fully saturated rings. The number of rotatable bonds is 21. The maximum absolute atomic E-state index is 14.2. The van der Waals surface area contributed by atoms with Crippen molar-refractivity contribution in [2.45, 2.75) is 290 Å². The number of hydrogen-bond donors (Lipinski definition) is 4. The van der Waals surface area contributed by atoms with Crippen LogP contribution in [0.25, 0.3) is 50.3 Å². The summed E-state index contributed by atoms with van der Waals surface area (Å²) in [5.74, 6) is 5.97. The number of nitrogens with zero attached hydrogens (tertiary/aromatic N) is 8. The van der Waals surface area contributed by atoms with Gasteiger partial charge in [0.25, 0.3) is 23.6 Å². The van der Waals surface area contributed by atoms with Gasteiger partial charge in [-0.2, -0.15) is 0 Å². The molecule has 15 rings (SSSR count). The predicted molar refractivity (Wildman–Crippen MR) is 480 cm³/mol. The molecule has 4 saturated heterocycles. The van der Waals surface area contributed by atoms with Gasteiger partial charge in [0, 0.05) is 150 Å². The van der Waals surface area contributed by atoms with Gasteiger partial charge in [-0.05, 0) is 246 Å². The molecule has 4 aliphatic heterocycles. The summed E-state index contributed by atoms with van der Waals surface area (Å²) in [6, 6.07) is 28.3. The van der Waals surface area contributed by atoms with E-state index < -0.39 is 36.5 Å². The van der Waals surface area contributed by atoms with E-state index in [1.54, 1.807) is 19.9 Å². The molecule has 0 bridgehead atoms. The molecule has 119 heavy (non-hydrogen) atoms. The Hall–Kier alpha value is -7.77. The number of para-hydroxylation sites is 1. The number of benzene rings is 2. The number of carbonyl (C=O) groups is 4. The number of likely N-dealkylation sites (tertiary alicyclic amines) is 1. The van der Waals surface area contributed by atoms with Crippen molar-refractivity contribution in [3.63, 3.8) is 0 Å². The van der Waals surface area contributed by atoms with E-state index >= 15 is 0 Å². The van der Waals surface area contributed by atoms with Gasteiger partial charge in [0.15, 0.2) is 0 Å². The van der Waals surface area contributed by atoms with Crippen LogP contribution in [0.4, 0.5) is 0 Å². The van der Waals surface area contributed by atoms with Gasteiger partial charge in [-0.15, -0.1) is 0 Å². The van der Waals surface area contributed by atoms with Crippen molar-refractivity contribution in [3.8, 4) is 33.9 Å². The van der Waals surface area contributed by atoms with Crippen molar-refractivity contribution in [2.24, 2.45) is 17.8 Å². The Morgan fingerprint density at radius 1 is 0.538 bits per heavy atom. The highest BCUT2D eigenvalue weighted by molar-refractivity contribution is 7.96. The van der Waals surface area contributed by atoms with E-state index in [1.807, 2.05) is 147 Å². The van der Waals surface area contributed by atoms with Crippen LogP contribution >= 0.6 is 0 Å². The van der Waals surface area contributed by atoms with Crippen molar-refractivity contribution >= 4 is 65.8 Å². The molecule has 10 heterocycles. The number of piperidine rings is 2. The topological polar surface area (TPSA) is 228 Å². The Morgan fingerprint density at radius 3 is 1.60 bits per heavy atom. The number of aromatic nitrogens is 5. The molecule has 4 amide bonds. The van der Waals surface area contributed by atoms with Crippen LogP contribution in [0.2, 0.25) is 0 Å². The van der Waals surface area contributed by atoms with E-state index in [0.717, 1.165) is 193 Å². The Balaban J connectivity index is 0.000000155. The summed E-state index contributed by atoms with van der Waals surface area (Å²) in [6.07, 6.45) is 32.7. The Kier molecular flexibility index (Phi) is 28.7. The lowest BCUT2D eigenvalue weighted by atomic mass is 9.85. The fraction of sp³-hybridized carbons (Fsp3) is 0.594. The first kappa shape index (κ1) is 89.0. The number of carbonyl (C=O) groups excluding carboxylic acids is 4. The van der Waals surface area contributed by atoms with E-state index in [-0.39, 0.29) is 42.3 Å². The van der Waals surface area contributed by atoms with Crippen LogP contribution < -0.4 is 15.4 Å². The number of sulfonamides is 1. The first-order valence-electron chi connectivity index (χ1n) is 44.9. The Morgan fingerprint density at radius 2 is 1.03 bits per heavy atom. The van der Waals surface area contributed by atoms with E-state index in [2.05, 4.69) is 71.4 Å². The number of ether oxygens (including phenoxy) is 2. The highest BCUT2D eigenvalue weighted by atomic mass is 32.2. The molecule has 23 heteroatoms.